The Morgan fingerprint density at radius 1 is 0.871 bits per heavy atom. The van der Waals surface area contributed by atoms with Crippen molar-refractivity contribution in [3.8, 4) is 0 Å². The molecule has 0 heterocycles. The van der Waals surface area contributed by atoms with E-state index in [0.29, 0.717) is 23.8 Å². The molecule has 1 nitrogen and oxygen atoms in total. The minimum Gasteiger partial charge on any atom is -0.303 e. The van der Waals surface area contributed by atoms with Crippen LogP contribution in [-0.4, -0.2) is 30.5 Å². The lowest BCUT2D eigenvalue weighted by molar-refractivity contribution is -0.0471. The Bertz CT molecular complexity index is 427. The first-order valence-corrected chi connectivity index (χ1v) is 13.8. The third-order valence-corrected chi connectivity index (χ3v) is 7.72. The van der Waals surface area contributed by atoms with E-state index in [1.54, 1.807) is 0 Å². The average Bonchev–Trinajstić information content (AvgIpc) is 2.69. The second-order valence-corrected chi connectivity index (χ2v) is 11.3. The van der Waals surface area contributed by atoms with Crippen molar-refractivity contribution in [2.24, 2.45) is 23.7 Å². The monoisotopic (exact) mass is 443 g/mol. The first-order chi connectivity index (χ1) is 14.7. The summed E-state index contributed by atoms with van der Waals surface area (Å²) in [5.74, 6) is 0.328. The lowest BCUT2D eigenvalue weighted by Gasteiger charge is -2.36. The van der Waals surface area contributed by atoms with Crippen molar-refractivity contribution >= 4 is 0 Å². The lowest BCUT2D eigenvalue weighted by atomic mass is 9.78. The van der Waals surface area contributed by atoms with Crippen LogP contribution in [0.5, 0.6) is 0 Å². The van der Waals surface area contributed by atoms with Crippen LogP contribution in [-0.2, 0) is 0 Å². The zero-order chi connectivity index (χ0) is 23.3. The molecule has 3 unspecified atom stereocenters. The van der Waals surface area contributed by atoms with Gasteiger partial charge in [0.05, 0.1) is 0 Å². The summed E-state index contributed by atoms with van der Waals surface area (Å²) >= 11 is 0. The first-order valence-electron chi connectivity index (χ1n) is 13.8. The van der Waals surface area contributed by atoms with E-state index >= 15 is 0 Å². The molecule has 3 atom stereocenters. The first kappa shape index (κ1) is 28.9. The smallest absolute Gasteiger partial charge is 0.248 e. The minimum atomic E-state index is -2.39. The summed E-state index contributed by atoms with van der Waals surface area (Å²) < 4.78 is 27.1. The number of halogens is 2. The van der Waals surface area contributed by atoms with Crippen LogP contribution in [0.4, 0.5) is 8.78 Å². The number of rotatable bonds is 17. The molecule has 0 aromatic heterocycles. The molecule has 0 aliphatic heterocycles. The van der Waals surface area contributed by atoms with Gasteiger partial charge >= 0.3 is 0 Å². The second-order valence-electron chi connectivity index (χ2n) is 11.3. The third kappa shape index (κ3) is 12.6. The van der Waals surface area contributed by atoms with Crippen molar-refractivity contribution < 1.29 is 8.78 Å². The molecule has 186 valence electrons. The van der Waals surface area contributed by atoms with Gasteiger partial charge < -0.3 is 4.90 Å². The molecule has 1 fully saturated rings. The molecule has 3 heteroatoms. The Morgan fingerprint density at radius 2 is 1.52 bits per heavy atom. The number of unbranched alkanes of at least 4 members (excludes halogenated alkanes) is 4. The van der Waals surface area contributed by atoms with Crippen molar-refractivity contribution in [2.75, 3.05) is 13.6 Å². The SMILES string of the molecule is CCCCCCC(CCC1CCC(F)(F)CC1)CC(C)C(CCCC)N(C)CC(C)C. The summed E-state index contributed by atoms with van der Waals surface area (Å²) in [6.45, 7) is 12.9. The normalized spacial score (nSPS) is 20.3. The van der Waals surface area contributed by atoms with Crippen LogP contribution in [0, 0.1) is 23.7 Å². The highest BCUT2D eigenvalue weighted by Gasteiger charge is 2.35. The number of alkyl halides is 2. The third-order valence-electron chi connectivity index (χ3n) is 7.72. The highest BCUT2D eigenvalue weighted by Crippen LogP contribution is 2.39. The van der Waals surface area contributed by atoms with E-state index in [2.05, 4.69) is 46.6 Å². The Morgan fingerprint density at radius 3 is 2.10 bits per heavy atom. The van der Waals surface area contributed by atoms with Gasteiger partial charge in [-0.1, -0.05) is 92.4 Å². The predicted molar refractivity (Wildman–Crippen MR) is 133 cm³/mol. The standard InChI is InChI=1S/C28H55F2N/c1-7-9-11-12-13-26(16-15-25-17-19-28(29,30)20-18-25)21-24(5)27(14-10-8-2)31(6)22-23(3)4/h23-27H,7-22H2,1-6H3. The maximum Gasteiger partial charge on any atom is 0.248 e. The topological polar surface area (TPSA) is 3.24 Å². The zero-order valence-electron chi connectivity index (χ0n) is 21.9. The molecule has 0 amide bonds. The highest BCUT2D eigenvalue weighted by atomic mass is 19.3. The van der Waals surface area contributed by atoms with Crippen LogP contribution in [0.3, 0.4) is 0 Å². The van der Waals surface area contributed by atoms with E-state index in [0.717, 1.165) is 18.8 Å². The molecule has 0 aromatic carbocycles. The van der Waals surface area contributed by atoms with E-state index in [4.69, 9.17) is 0 Å². The Balaban J connectivity index is 2.66. The number of hydrogen-bond acceptors (Lipinski definition) is 1. The van der Waals surface area contributed by atoms with Gasteiger partial charge in [-0.3, -0.25) is 0 Å². The maximum atomic E-state index is 13.5. The van der Waals surface area contributed by atoms with Gasteiger partial charge in [0.1, 0.15) is 0 Å². The summed E-state index contributed by atoms with van der Waals surface area (Å²) in [6.07, 6.45) is 16.0. The van der Waals surface area contributed by atoms with Crippen LogP contribution >= 0.6 is 0 Å². The Hall–Kier alpha value is -0.180. The molecule has 0 radical (unpaired) electrons. The van der Waals surface area contributed by atoms with Gasteiger partial charge in [0.2, 0.25) is 5.92 Å². The van der Waals surface area contributed by atoms with E-state index in [-0.39, 0.29) is 12.8 Å². The van der Waals surface area contributed by atoms with Crippen LogP contribution in [0.15, 0.2) is 0 Å². The summed E-state index contributed by atoms with van der Waals surface area (Å²) in [7, 11) is 2.33. The fraction of sp³-hybridized carbons (Fsp3) is 1.00. The molecule has 1 aliphatic rings. The van der Waals surface area contributed by atoms with Gasteiger partial charge in [0.15, 0.2) is 0 Å². The van der Waals surface area contributed by atoms with Crippen molar-refractivity contribution in [2.45, 2.75) is 143 Å². The maximum absolute atomic E-state index is 13.5. The van der Waals surface area contributed by atoms with E-state index in [9.17, 15) is 8.78 Å². The van der Waals surface area contributed by atoms with Crippen molar-refractivity contribution in [3.63, 3.8) is 0 Å². The van der Waals surface area contributed by atoms with Crippen molar-refractivity contribution in [1.29, 1.82) is 0 Å². The number of hydrogen-bond donors (Lipinski definition) is 0. The summed E-state index contributed by atoms with van der Waals surface area (Å²) in [4.78, 5) is 2.63. The zero-order valence-corrected chi connectivity index (χ0v) is 21.9. The van der Waals surface area contributed by atoms with Gasteiger partial charge in [-0.15, -0.1) is 0 Å². The molecule has 0 bridgehead atoms. The minimum absolute atomic E-state index is 0.119. The summed E-state index contributed by atoms with van der Waals surface area (Å²) in [5.41, 5.74) is 0. The van der Waals surface area contributed by atoms with Gasteiger partial charge in [0.25, 0.3) is 0 Å². The highest BCUT2D eigenvalue weighted by molar-refractivity contribution is 4.81. The van der Waals surface area contributed by atoms with E-state index in [1.165, 1.54) is 77.2 Å². The molecule has 0 aromatic rings. The van der Waals surface area contributed by atoms with Crippen LogP contribution in [0.2, 0.25) is 0 Å². The van der Waals surface area contributed by atoms with Crippen LogP contribution < -0.4 is 0 Å². The second kappa shape index (κ2) is 15.6. The average molecular weight is 444 g/mol. The fourth-order valence-electron chi connectivity index (χ4n) is 5.85. The fourth-order valence-corrected chi connectivity index (χ4v) is 5.85. The molecule has 1 aliphatic carbocycles. The lowest BCUT2D eigenvalue weighted by Crippen LogP contribution is -2.39. The van der Waals surface area contributed by atoms with Crippen LogP contribution in [0.25, 0.3) is 0 Å². The van der Waals surface area contributed by atoms with Crippen LogP contribution in [0.1, 0.15) is 131 Å². The van der Waals surface area contributed by atoms with E-state index < -0.39 is 5.92 Å². The molecule has 0 saturated heterocycles. The quantitative estimate of drug-likeness (QED) is 0.202. The molecular formula is C28H55F2N. The van der Waals surface area contributed by atoms with Crippen molar-refractivity contribution in [3.05, 3.63) is 0 Å². The van der Waals surface area contributed by atoms with Gasteiger partial charge in [-0.05, 0) is 56.4 Å². The molecule has 31 heavy (non-hydrogen) atoms. The van der Waals surface area contributed by atoms with Gasteiger partial charge in [0, 0.05) is 25.4 Å². The van der Waals surface area contributed by atoms with Gasteiger partial charge in [-0.25, -0.2) is 8.78 Å². The molecule has 1 rings (SSSR count). The molecule has 0 spiro atoms. The predicted octanol–water partition coefficient (Wildman–Crippen LogP) is 9.35. The summed E-state index contributed by atoms with van der Waals surface area (Å²) in [5, 5.41) is 0. The summed E-state index contributed by atoms with van der Waals surface area (Å²) in [6, 6.07) is 0.675. The Labute approximate surface area is 194 Å². The Kier molecular flexibility index (Phi) is 14.5. The molecule has 1 saturated carbocycles. The van der Waals surface area contributed by atoms with Gasteiger partial charge in [-0.2, -0.15) is 0 Å². The molecule has 0 N–H and O–H groups in total. The number of nitrogens with zero attached hydrogens (tertiary/aromatic N) is 1. The van der Waals surface area contributed by atoms with Crippen molar-refractivity contribution in [1.82, 2.24) is 4.90 Å². The van der Waals surface area contributed by atoms with E-state index in [1.807, 2.05) is 0 Å². The molecular weight excluding hydrogens is 388 g/mol. The largest absolute Gasteiger partial charge is 0.303 e.